The number of furan rings is 1. The molecule has 0 N–H and O–H groups in total. The lowest BCUT2D eigenvalue weighted by molar-refractivity contribution is 0.129. The molecule has 33 heavy (non-hydrogen) atoms. The highest BCUT2D eigenvalue weighted by molar-refractivity contribution is 6.28. The molecule has 2 aromatic carbocycles. The van der Waals surface area contributed by atoms with Gasteiger partial charge in [-0.25, -0.2) is 13.8 Å². The van der Waals surface area contributed by atoms with E-state index in [2.05, 4.69) is 33.6 Å². The number of benzene rings is 2. The molecule has 0 amide bonds. The summed E-state index contributed by atoms with van der Waals surface area (Å²) in [6.07, 6.45) is 1.59. The third-order valence-electron chi connectivity index (χ3n) is 6.27. The Labute approximate surface area is 195 Å². The molecule has 0 radical (unpaired) electrons. The molecule has 1 saturated heterocycles. The fourth-order valence-electron chi connectivity index (χ4n) is 4.69. The van der Waals surface area contributed by atoms with E-state index in [-0.39, 0.29) is 35.0 Å². The van der Waals surface area contributed by atoms with Gasteiger partial charge in [-0.3, -0.25) is 4.90 Å². The number of hydrogen-bond acceptors (Lipinski definition) is 5. The van der Waals surface area contributed by atoms with E-state index in [0.717, 1.165) is 11.1 Å². The molecule has 0 unspecified atom stereocenters. The van der Waals surface area contributed by atoms with Crippen molar-refractivity contribution >= 4 is 28.5 Å². The maximum absolute atomic E-state index is 13.7. The largest absolute Gasteiger partial charge is 0.459 e. The predicted octanol–water partition coefficient (Wildman–Crippen LogP) is 5.84. The van der Waals surface area contributed by atoms with Crippen molar-refractivity contribution in [2.24, 2.45) is 0 Å². The minimum absolute atomic E-state index is 0.0730. The molecule has 5 nitrogen and oxygen atoms in total. The van der Waals surface area contributed by atoms with Crippen LogP contribution in [0.2, 0.25) is 5.28 Å². The van der Waals surface area contributed by atoms with Gasteiger partial charge in [0.2, 0.25) is 5.28 Å². The minimum Gasteiger partial charge on any atom is -0.459 e. The predicted molar refractivity (Wildman–Crippen MR) is 124 cm³/mol. The van der Waals surface area contributed by atoms with E-state index in [4.69, 9.17) is 16.0 Å². The molecule has 1 aliphatic heterocycles. The van der Waals surface area contributed by atoms with Crippen LogP contribution in [0.15, 0.2) is 65.3 Å². The van der Waals surface area contributed by atoms with Gasteiger partial charge in [-0.1, -0.05) is 24.3 Å². The molecule has 1 aliphatic rings. The van der Waals surface area contributed by atoms with Gasteiger partial charge in [0.05, 0.1) is 12.3 Å². The quantitative estimate of drug-likeness (QED) is 0.352. The van der Waals surface area contributed by atoms with Crippen LogP contribution < -0.4 is 4.90 Å². The van der Waals surface area contributed by atoms with Gasteiger partial charge in [0.1, 0.15) is 17.2 Å². The monoisotopic (exact) mass is 468 g/mol. The summed E-state index contributed by atoms with van der Waals surface area (Å²) in [4.78, 5) is 13.3. The number of nitrogens with zero attached hydrogens (tertiary/aromatic N) is 4. The Morgan fingerprint density at radius 1 is 0.879 bits per heavy atom. The standard InChI is InChI=1S/C25H23ClF2N4O/c1-15-14-32(24-23-21(11-12-33-23)29-25(26)30-24)16(2)13-31(15)22(17-3-7-19(27)8-4-17)18-5-9-20(28)10-6-18/h3-12,15-16,22H,13-14H2,1-2H3/t15-,16+/m1/s1. The van der Waals surface area contributed by atoms with Crippen molar-refractivity contribution in [3.05, 3.63) is 88.9 Å². The van der Waals surface area contributed by atoms with Gasteiger partial charge < -0.3 is 9.32 Å². The maximum atomic E-state index is 13.7. The summed E-state index contributed by atoms with van der Waals surface area (Å²) in [6, 6.07) is 14.8. The van der Waals surface area contributed by atoms with Gasteiger partial charge in [-0.15, -0.1) is 0 Å². The molecule has 0 bridgehead atoms. The van der Waals surface area contributed by atoms with Crippen LogP contribution in [-0.2, 0) is 0 Å². The second-order valence-corrected chi connectivity index (χ2v) is 8.84. The highest BCUT2D eigenvalue weighted by atomic mass is 35.5. The average Bonchev–Trinajstić information content (AvgIpc) is 3.26. The van der Waals surface area contributed by atoms with Crippen LogP contribution in [0.25, 0.3) is 11.1 Å². The zero-order valence-corrected chi connectivity index (χ0v) is 19.0. The van der Waals surface area contributed by atoms with Crippen LogP contribution in [0.1, 0.15) is 31.0 Å². The fraction of sp³-hybridized carbons (Fsp3) is 0.280. The Balaban J connectivity index is 1.51. The molecular formula is C25H23ClF2N4O. The molecule has 5 rings (SSSR count). The fourth-order valence-corrected chi connectivity index (χ4v) is 4.86. The molecular weight excluding hydrogens is 446 g/mol. The molecule has 0 saturated carbocycles. The Kier molecular flexibility index (Phi) is 5.76. The van der Waals surface area contributed by atoms with Crippen molar-refractivity contribution < 1.29 is 13.2 Å². The number of halogens is 3. The minimum atomic E-state index is -0.286. The summed E-state index contributed by atoms with van der Waals surface area (Å²) in [5.74, 6) is 0.103. The molecule has 170 valence electrons. The first-order valence-electron chi connectivity index (χ1n) is 10.8. The van der Waals surface area contributed by atoms with Crippen molar-refractivity contribution in [2.75, 3.05) is 18.0 Å². The van der Waals surface area contributed by atoms with Gasteiger partial charge in [-0.2, -0.15) is 4.98 Å². The molecule has 0 aliphatic carbocycles. The number of anilines is 1. The molecule has 2 atom stereocenters. The third kappa shape index (κ3) is 4.18. The van der Waals surface area contributed by atoms with E-state index in [9.17, 15) is 8.78 Å². The van der Waals surface area contributed by atoms with Crippen LogP contribution in [0.3, 0.4) is 0 Å². The number of fused-ring (bicyclic) bond motifs is 1. The smallest absolute Gasteiger partial charge is 0.225 e. The van der Waals surface area contributed by atoms with E-state index in [1.807, 2.05) is 0 Å². The SMILES string of the molecule is C[C@@H]1CN(c2nc(Cl)nc3ccoc23)[C@@H](C)CN1C(c1ccc(F)cc1)c1ccc(F)cc1. The zero-order chi connectivity index (χ0) is 23.1. The van der Waals surface area contributed by atoms with Crippen molar-refractivity contribution in [1.29, 1.82) is 0 Å². The van der Waals surface area contributed by atoms with Crippen molar-refractivity contribution in [1.82, 2.24) is 14.9 Å². The number of hydrogen-bond donors (Lipinski definition) is 0. The van der Waals surface area contributed by atoms with Gasteiger partial charge in [0.25, 0.3) is 0 Å². The van der Waals surface area contributed by atoms with Gasteiger partial charge in [0, 0.05) is 31.2 Å². The first kappa shape index (κ1) is 21.8. The first-order valence-corrected chi connectivity index (χ1v) is 11.2. The van der Waals surface area contributed by atoms with Crippen LogP contribution in [0.4, 0.5) is 14.6 Å². The topological polar surface area (TPSA) is 45.4 Å². The summed E-state index contributed by atoms with van der Waals surface area (Å²) >= 11 is 6.19. The maximum Gasteiger partial charge on any atom is 0.225 e. The van der Waals surface area contributed by atoms with Gasteiger partial charge in [0.15, 0.2) is 11.4 Å². The van der Waals surface area contributed by atoms with E-state index in [1.54, 1.807) is 36.6 Å². The van der Waals surface area contributed by atoms with Crippen LogP contribution in [0, 0.1) is 11.6 Å². The zero-order valence-electron chi connectivity index (χ0n) is 18.3. The van der Waals surface area contributed by atoms with Crippen molar-refractivity contribution in [2.45, 2.75) is 32.0 Å². The Morgan fingerprint density at radius 2 is 1.48 bits per heavy atom. The summed E-state index contributed by atoms with van der Waals surface area (Å²) in [5.41, 5.74) is 3.19. The lowest BCUT2D eigenvalue weighted by Crippen LogP contribution is -2.57. The molecule has 4 aromatic rings. The Hall–Kier alpha value is -3.03. The highest BCUT2D eigenvalue weighted by Gasteiger charge is 2.36. The molecule has 3 heterocycles. The third-order valence-corrected chi connectivity index (χ3v) is 6.44. The van der Waals surface area contributed by atoms with Crippen molar-refractivity contribution in [3.63, 3.8) is 0 Å². The van der Waals surface area contributed by atoms with E-state index in [1.165, 1.54) is 24.3 Å². The molecule has 2 aromatic heterocycles. The number of aromatic nitrogens is 2. The molecule has 8 heteroatoms. The lowest BCUT2D eigenvalue weighted by atomic mass is 9.93. The normalized spacial score (nSPS) is 19.5. The summed E-state index contributed by atoms with van der Waals surface area (Å²) in [5, 5.41) is 0.177. The van der Waals surface area contributed by atoms with Gasteiger partial charge in [-0.05, 0) is 60.8 Å². The number of piperazine rings is 1. The van der Waals surface area contributed by atoms with Crippen molar-refractivity contribution in [3.8, 4) is 0 Å². The average molecular weight is 469 g/mol. The second-order valence-electron chi connectivity index (χ2n) is 8.50. The summed E-state index contributed by atoms with van der Waals surface area (Å²) in [6.45, 7) is 5.63. The van der Waals surface area contributed by atoms with Crippen LogP contribution >= 0.6 is 11.6 Å². The van der Waals surface area contributed by atoms with Crippen LogP contribution in [-0.4, -0.2) is 40.0 Å². The Morgan fingerprint density at radius 3 is 2.09 bits per heavy atom. The first-order chi connectivity index (χ1) is 15.9. The molecule has 1 fully saturated rings. The lowest BCUT2D eigenvalue weighted by Gasteiger charge is -2.48. The van der Waals surface area contributed by atoms with E-state index < -0.39 is 0 Å². The number of rotatable bonds is 4. The highest BCUT2D eigenvalue weighted by Crippen LogP contribution is 2.36. The second kappa shape index (κ2) is 8.72. The van der Waals surface area contributed by atoms with E-state index in [0.29, 0.717) is 30.0 Å². The summed E-state index contributed by atoms with van der Waals surface area (Å²) in [7, 11) is 0. The summed E-state index contributed by atoms with van der Waals surface area (Å²) < 4.78 is 33.0. The molecule has 0 spiro atoms. The Bertz CT molecular complexity index is 1220. The van der Waals surface area contributed by atoms with Crippen LogP contribution in [0.5, 0.6) is 0 Å². The van der Waals surface area contributed by atoms with E-state index >= 15 is 0 Å². The van der Waals surface area contributed by atoms with Gasteiger partial charge >= 0.3 is 0 Å².